The average molecular weight is 295 g/mol. The van der Waals surface area contributed by atoms with Crippen LogP contribution in [0, 0.1) is 16.7 Å². The molecule has 4 nitrogen and oxygen atoms in total. The number of ether oxygens (including phenoxy) is 2. The Kier molecular flexibility index (Phi) is 3.42. The summed E-state index contributed by atoms with van der Waals surface area (Å²) in [6, 6.07) is 0.285. The normalized spacial score (nSPS) is 38.1. The highest BCUT2D eigenvalue weighted by molar-refractivity contribution is 5.84. The van der Waals surface area contributed by atoms with E-state index in [4.69, 9.17) is 9.47 Å². The number of hydrogen-bond donors (Lipinski definition) is 0. The molecule has 0 aromatic heterocycles. The summed E-state index contributed by atoms with van der Waals surface area (Å²) in [5.74, 6) is 0.172. The lowest BCUT2D eigenvalue weighted by molar-refractivity contribution is -0.286. The molecule has 1 aliphatic carbocycles. The highest BCUT2D eigenvalue weighted by atomic mass is 16.7. The van der Waals surface area contributed by atoms with E-state index in [0.29, 0.717) is 25.0 Å². The molecular weight excluding hydrogens is 266 g/mol. The molecule has 3 rings (SSSR count). The zero-order valence-corrected chi connectivity index (χ0v) is 14.1. The Bertz CT molecular complexity index is 439. The van der Waals surface area contributed by atoms with Crippen LogP contribution >= 0.6 is 0 Å². The first kappa shape index (κ1) is 15.3. The van der Waals surface area contributed by atoms with Crippen molar-refractivity contribution in [3.63, 3.8) is 0 Å². The molecule has 3 aliphatic rings. The molecule has 2 saturated heterocycles. The van der Waals surface area contributed by atoms with Crippen LogP contribution in [0.4, 0.5) is 0 Å². The van der Waals surface area contributed by atoms with E-state index in [9.17, 15) is 4.79 Å². The topological polar surface area (TPSA) is 38.8 Å². The largest absolute Gasteiger partial charge is 0.347 e. The van der Waals surface area contributed by atoms with E-state index < -0.39 is 5.79 Å². The highest BCUT2D eigenvalue weighted by Gasteiger charge is 2.65. The van der Waals surface area contributed by atoms with Crippen molar-refractivity contribution in [1.29, 1.82) is 0 Å². The SMILES string of the molecule is CC(C)N1CC[C@H]2C(C)(C)C3(CC[C@]2(C)C1=O)OCCO3. The van der Waals surface area contributed by atoms with Crippen LogP contribution < -0.4 is 0 Å². The Morgan fingerprint density at radius 3 is 2.33 bits per heavy atom. The van der Waals surface area contributed by atoms with E-state index in [1.807, 2.05) is 0 Å². The van der Waals surface area contributed by atoms with Gasteiger partial charge in [0.05, 0.1) is 18.6 Å². The molecule has 2 atom stereocenters. The molecule has 2 heterocycles. The first-order chi connectivity index (χ1) is 9.75. The van der Waals surface area contributed by atoms with E-state index in [2.05, 4.69) is 39.5 Å². The second kappa shape index (κ2) is 4.69. The summed E-state index contributed by atoms with van der Waals surface area (Å²) in [6.07, 6.45) is 2.73. The van der Waals surface area contributed by atoms with Gasteiger partial charge in [-0.1, -0.05) is 20.8 Å². The van der Waals surface area contributed by atoms with Gasteiger partial charge in [-0.15, -0.1) is 0 Å². The first-order valence-corrected chi connectivity index (χ1v) is 8.34. The van der Waals surface area contributed by atoms with Gasteiger partial charge in [0, 0.05) is 24.4 Å². The summed E-state index contributed by atoms with van der Waals surface area (Å²) >= 11 is 0. The maximum absolute atomic E-state index is 13.1. The van der Waals surface area contributed by atoms with Crippen molar-refractivity contribution in [3.05, 3.63) is 0 Å². The molecule has 0 unspecified atom stereocenters. The van der Waals surface area contributed by atoms with Gasteiger partial charge in [0.2, 0.25) is 5.91 Å². The zero-order valence-electron chi connectivity index (χ0n) is 14.1. The fourth-order valence-electron chi connectivity index (χ4n) is 5.08. The van der Waals surface area contributed by atoms with Crippen LogP contribution in [0.15, 0.2) is 0 Å². The van der Waals surface area contributed by atoms with Crippen molar-refractivity contribution in [2.75, 3.05) is 19.8 Å². The number of fused-ring (bicyclic) bond motifs is 1. The van der Waals surface area contributed by atoms with Crippen LogP contribution in [-0.2, 0) is 14.3 Å². The number of carbonyl (C=O) groups excluding carboxylic acids is 1. The molecule has 0 aromatic carbocycles. The van der Waals surface area contributed by atoms with Gasteiger partial charge in [-0.3, -0.25) is 4.79 Å². The number of amides is 1. The summed E-state index contributed by atoms with van der Waals surface area (Å²) < 4.78 is 12.1. The Balaban J connectivity index is 1.95. The molecule has 0 aromatic rings. The lowest BCUT2D eigenvalue weighted by Gasteiger charge is -2.60. The average Bonchev–Trinajstić information content (AvgIpc) is 2.88. The first-order valence-electron chi connectivity index (χ1n) is 8.34. The minimum absolute atomic E-state index is 0.130. The molecule has 0 radical (unpaired) electrons. The van der Waals surface area contributed by atoms with Crippen LogP contribution in [0.3, 0.4) is 0 Å². The Labute approximate surface area is 128 Å². The lowest BCUT2D eigenvalue weighted by Crippen LogP contribution is -2.65. The second-order valence-corrected chi connectivity index (χ2v) is 8.02. The van der Waals surface area contributed by atoms with Crippen LogP contribution in [-0.4, -0.2) is 42.4 Å². The minimum atomic E-state index is -0.475. The van der Waals surface area contributed by atoms with Crippen molar-refractivity contribution in [2.45, 2.75) is 65.7 Å². The van der Waals surface area contributed by atoms with E-state index in [-0.39, 0.29) is 16.9 Å². The molecule has 21 heavy (non-hydrogen) atoms. The third-order valence-electron chi connectivity index (χ3n) is 6.38. The zero-order chi connectivity index (χ0) is 15.5. The van der Waals surface area contributed by atoms with Gasteiger partial charge in [-0.2, -0.15) is 0 Å². The summed E-state index contributed by atoms with van der Waals surface area (Å²) in [5.41, 5.74) is -0.401. The number of piperidine rings is 1. The number of nitrogens with zero attached hydrogens (tertiary/aromatic N) is 1. The Morgan fingerprint density at radius 1 is 1.14 bits per heavy atom. The minimum Gasteiger partial charge on any atom is -0.347 e. The summed E-state index contributed by atoms with van der Waals surface area (Å²) in [5, 5.41) is 0. The molecule has 120 valence electrons. The predicted octanol–water partition coefficient (Wildman–Crippen LogP) is 2.81. The third-order valence-corrected chi connectivity index (χ3v) is 6.38. The predicted molar refractivity (Wildman–Crippen MR) is 80.7 cm³/mol. The standard InChI is InChI=1S/C17H29NO3/c1-12(2)18-9-6-13-15(3,4)17(20-10-11-21-17)8-7-16(13,5)14(18)19/h12-13H,6-11H2,1-5H3/t13-,16-/m0/s1. The number of likely N-dealkylation sites (tertiary alicyclic amines) is 1. The molecule has 1 saturated carbocycles. The lowest BCUT2D eigenvalue weighted by atomic mass is 9.51. The third kappa shape index (κ3) is 1.91. The van der Waals surface area contributed by atoms with Gasteiger partial charge in [0.15, 0.2) is 5.79 Å². The molecule has 1 amide bonds. The number of rotatable bonds is 1. The highest BCUT2D eigenvalue weighted by Crippen LogP contribution is 2.61. The molecule has 1 spiro atoms. The van der Waals surface area contributed by atoms with Crippen LogP contribution in [0.2, 0.25) is 0 Å². The fourth-order valence-corrected chi connectivity index (χ4v) is 5.08. The molecule has 0 bridgehead atoms. The van der Waals surface area contributed by atoms with Crippen LogP contribution in [0.1, 0.15) is 53.9 Å². The summed E-state index contributed by atoms with van der Waals surface area (Å²) in [4.78, 5) is 15.1. The van der Waals surface area contributed by atoms with Gasteiger partial charge >= 0.3 is 0 Å². The Morgan fingerprint density at radius 2 is 1.76 bits per heavy atom. The molecule has 3 fully saturated rings. The van der Waals surface area contributed by atoms with Gasteiger partial charge in [-0.25, -0.2) is 0 Å². The maximum Gasteiger partial charge on any atom is 0.229 e. The molecule has 0 N–H and O–H groups in total. The fraction of sp³-hybridized carbons (Fsp3) is 0.941. The van der Waals surface area contributed by atoms with Crippen molar-refractivity contribution >= 4 is 5.91 Å². The van der Waals surface area contributed by atoms with E-state index in [1.54, 1.807) is 0 Å². The smallest absolute Gasteiger partial charge is 0.229 e. The van der Waals surface area contributed by atoms with E-state index in [0.717, 1.165) is 25.8 Å². The summed E-state index contributed by atoms with van der Waals surface area (Å²) in [6.45, 7) is 13.1. The Hall–Kier alpha value is -0.610. The van der Waals surface area contributed by atoms with Gasteiger partial charge in [0.25, 0.3) is 0 Å². The van der Waals surface area contributed by atoms with Crippen molar-refractivity contribution < 1.29 is 14.3 Å². The maximum atomic E-state index is 13.1. The number of hydrogen-bond acceptors (Lipinski definition) is 3. The van der Waals surface area contributed by atoms with Gasteiger partial charge in [0.1, 0.15) is 0 Å². The monoisotopic (exact) mass is 295 g/mol. The van der Waals surface area contributed by atoms with Crippen LogP contribution in [0.5, 0.6) is 0 Å². The quantitative estimate of drug-likeness (QED) is 0.746. The molecule has 2 aliphatic heterocycles. The van der Waals surface area contributed by atoms with Gasteiger partial charge < -0.3 is 14.4 Å². The van der Waals surface area contributed by atoms with Crippen molar-refractivity contribution in [3.8, 4) is 0 Å². The van der Waals surface area contributed by atoms with Crippen molar-refractivity contribution in [2.24, 2.45) is 16.7 Å². The van der Waals surface area contributed by atoms with E-state index >= 15 is 0 Å². The van der Waals surface area contributed by atoms with Crippen LogP contribution in [0.25, 0.3) is 0 Å². The molecular formula is C17H29NO3. The summed E-state index contributed by atoms with van der Waals surface area (Å²) in [7, 11) is 0. The van der Waals surface area contributed by atoms with Gasteiger partial charge in [-0.05, 0) is 32.6 Å². The number of carbonyl (C=O) groups is 1. The van der Waals surface area contributed by atoms with Crippen molar-refractivity contribution in [1.82, 2.24) is 4.90 Å². The molecule has 4 heteroatoms. The van der Waals surface area contributed by atoms with E-state index in [1.165, 1.54) is 0 Å². The second-order valence-electron chi connectivity index (χ2n) is 8.02.